The summed E-state index contributed by atoms with van der Waals surface area (Å²) in [6, 6.07) is 18.1. The maximum Gasteiger partial charge on any atom is 0.160 e. The van der Waals surface area contributed by atoms with Gasteiger partial charge in [-0.05, 0) is 187 Å². The van der Waals surface area contributed by atoms with E-state index in [2.05, 4.69) is 95.3 Å². The summed E-state index contributed by atoms with van der Waals surface area (Å²) < 4.78 is 5.60. The molecule has 8 aliphatic rings. The van der Waals surface area contributed by atoms with Gasteiger partial charge in [0, 0.05) is 73.5 Å². The number of aromatic nitrogens is 1. The molecule has 12 rings (SSSR count). The average Bonchev–Trinajstić information content (AvgIpc) is 4.16. The van der Waals surface area contributed by atoms with E-state index in [0.29, 0.717) is 80.0 Å². The maximum atomic E-state index is 15.1. The summed E-state index contributed by atoms with van der Waals surface area (Å²) in [5.41, 5.74) is 13.5. The highest BCUT2D eigenvalue weighted by molar-refractivity contribution is 5.90. The number of aliphatic hydroxyl groups is 4. The van der Waals surface area contributed by atoms with Crippen LogP contribution in [0.5, 0.6) is 11.5 Å². The number of aromatic hydroxyl groups is 1. The van der Waals surface area contributed by atoms with Gasteiger partial charge in [0.25, 0.3) is 0 Å². The van der Waals surface area contributed by atoms with Crippen LogP contribution in [0.25, 0.3) is 16.8 Å². The van der Waals surface area contributed by atoms with E-state index in [9.17, 15) is 30.3 Å². The smallest absolute Gasteiger partial charge is 0.160 e. The third kappa shape index (κ3) is 9.36. The number of allylic oxidation sites excluding steroid dienone is 3. The van der Waals surface area contributed by atoms with Crippen molar-refractivity contribution in [3.63, 3.8) is 0 Å². The van der Waals surface area contributed by atoms with E-state index in [1.807, 2.05) is 18.2 Å². The molecule has 4 fully saturated rings. The first-order valence-corrected chi connectivity index (χ1v) is 29.7. The van der Waals surface area contributed by atoms with Crippen molar-refractivity contribution in [2.75, 3.05) is 39.9 Å². The monoisotopic (exact) mass is 1070 g/mol. The normalized spacial score (nSPS) is 33.5. The van der Waals surface area contributed by atoms with E-state index in [0.717, 1.165) is 59.9 Å². The molecule has 11 N–H and O–H groups in total. The number of Topliss-reactive ketones (excluding diaryl/α,β-unsaturated/α-hetero) is 2. The van der Waals surface area contributed by atoms with Crippen LogP contribution in [0.15, 0.2) is 89.9 Å². The number of carbonyl (C=O) groups is 2. The first kappa shape index (κ1) is 53.9. The molecule has 4 aromatic rings. The predicted molar refractivity (Wildman–Crippen MR) is 306 cm³/mol. The van der Waals surface area contributed by atoms with Gasteiger partial charge in [-0.2, -0.15) is 0 Å². The van der Waals surface area contributed by atoms with Gasteiger partial charge >= 0.3 is 0 Å². The standard InChI is InChI=1S/C66H81N5O8/c1-4-35-31-70-58(67)29-47(35)46(38-13-12-36-9-6-7-10-37(36)23-38)28-53(75)52(74)24-40-18-20-66(56(77)17-15-39-25-55(79-3)54(76)27-45(39)40)21-19-41(26-57(66)78)59-43(11-8-22-72)48-34-69-50-30-51(73)44-16-14-42-32-71-65-60(42)61(44)64(50)62(48)63(65)49(59)33-68-5-2/h6-7,9-10,12-14,16,23,25,27,29,32,40-41,43-44,46,48-50,52-53,57,59,61-64,68-72,74-76,78H,4-5,8,11,15,17,19,21-22,24,26,28,30-31,33-34,67H2,1-3H3/t40-,41+,43+,44+,46-,48-,49-,50-,52+,53-,57-,59+,61+,62+,63-,64+,66-/m1/s1. The second kappa shape index (κ2) is 22.0. The number of benzene rings is 3. The van der Waals surface area contributed by atoms with Gasteiger partial charge in [0.05, 0.1) is 31.2 Å². The highest BCUT2D eigenvalue weighted by Crippen LogP contribution is 2.67. The van der Waals surface area contributed by atoms with Crippen molar-refractivity contribution in [1.29, 1.82) is 0 Å². The van der Waals surface area contributed by atoms with Gasteiger partial charge in [-0.25, -0.2) is 0 Å². The van der Waals surface area contributed by atoms with Crippen LogP contribution in [0, 0.1) is 64.6 Å². The number of aromatic amines is 1. The number of methoxy groups -OCH3 is 1. The van der Waals surface area contributed by atoms with Crippen LogP contribution in [0.2, 0.25) is 0 Å². The van der Waals surface area contributed by atoms with Crippen molar-refractivity contribution in [3.05, 3.63) is 123 Å². The summed E-state index contributed by atoms with van der Waals surface area (Å²) in [4.78, 5) is 32.8. The van der Waals surface area contributed by atoms with Crippen molar-refractivity contribution in [2.24, 2.45) is 58.5 Å². The number of dihydropyridines is 1. The minimum Gasteiger partial charge on any atom is -0.504 e. The van der Waals surface area contributed by atoms with E-state index in [1.54, 1.807) is 12.1 Å². The number of aryl methyl sites for hydroxylation is 1. The number of phenols is 1. The average molecular weight is 1070 g/mol. The second-order valence-corrected chi connectivity index (χ2v) is 24.7. The Balaban J connectivity index is 0.875. The number of nitrogens with one attached hydrogen (secondary N) is 4. The number of nitrogens with two attached hydrogens (primary N) is 1. The van der Waals surface area contributed by atoms with Gasteiger partial charge in [-0.3, -0.25) is 9.59 Å². The zero-order valence-corrected chi connectivity index (χ0v) is 46.1. The molecular formula is C66H81N5O8. The molecule has 3 aromatic carbocycles. The zero-order chi connectivity index (χ0) is 54.9. The summed E-state index contributed by atoms with van der Waals surface area (Å²) in [7, 11) is 1.49. The Hall–Kier alpha value is -5.72. The van der Waals surface area contributed by atoms with Crippen LogP contribution in [-0.4, -0.2) is 106 Å². The zero-order valence-electron chi connectivity index (χ0n) is 46.1. The Kier molecular flexibility index (Phi) is 15.0. The van der Waals surface area contributed by atoms with Crippen molar-refractivity contribution < 1.29 is 39.9 Å². The molecule has 6 aliphatic carbocycles. The van der Waals surface area contributed by atoms with Crippen LogP contribution in [0.1, 0.15) is 135 Å². The quantitative estimate of drug-likeness (QED) is 0.0491. The van der Waals surface area contributed by atoms with E-state index in [-0.39, 0.29) is 96.5 Å². The highest BCUT2D eigenvalue weighted by atomic mass is 16.5. The Morgan fingerprint density at radius 1 is 0.987 bits per heavy atom. The van der Waals surface area contributed by atoms with Gasteiger partial charge in [-0.15, -0.1) is 0 Å². The lowest BCUT2D eigenvalue weighted by molar-refractivity contribution is -0.142. The second-order valence-electron chi connectivity index (χ2n) is 24.7. The SMILES string of the molecule is CCNC[C@H]1[C@H]2c3[nH]cc4c3[C@H]3[C@H]5[C@H]2[C@H](CN[C@@H]5CC(=O)[C@@H]3C=C4)[C@H](CCCO)[C@@H]1[C@H]1CC[C@@]2(C#C[C@H](C[C@H](O)[C@H](O)C[C@@H](C3=C(CC)CNC(N)=C3)c3ccc4ccccc4c3)c3cc(O)c(OC)cc3CCC2=O)[C@H](O)C1. The number of fused-ring (bicyclic) bond motifs is 3. The van der Waals surface area contributed by atoms with Gasteiger partial charge in [0.1, 0.15) is 11.2 Å². The number of hydrogen-bond acceptors (Lipinski definition) is 12. The molecule has 13 nitrogen and oxygen atoms in total. The van der Waals surface area contributed by atoms with E-state index < -0.39 is 29.6 Å². The Morgan fingerprint density at radius 2 is 1.82 bits per heavy atom. The number of hydrogen-bond donors (Lipinski definition) is 10. The first-order chi connectivity index (χ1) is 38.4. The minimum absolute atomic E-state index is 0.00807. The van der Waals surface area contributed by atoms with E-state index in [1.165, 1.54) is 29.5 Å². The first-order valence-electron chi connectivity index (χ1n) is 29.7. The van der Waals surface area contributed by atoms with Gasteiger partial charge < -0.3 is 56.9 Å². The fourth-order valence-electron chi connectivity index (χ4n) is 17.5. The molecule has 13 heteroatoms. The Morgan fingerprint density at radius 3 is 2.61 bits per heavy atom. The molecule has 2 aliphatic heterocycles. The fraction of sp³-hybridized carbons (Fsp3) is 0.545. The maximum absolute atomic E-state index is 15.1. The van der Waals surface area contributed by atoms with Crippen LogP contribution >= 0.6 is 0 Å². The van der Waals surface area contributed by atoms with Crippen LogP contribution in [0.4, 0.5) is 0 Å². The van der Waals surface area contributed by atoms with Gasteiger partial charge in [-0.1, -0.05) is 80.3 Å². The number of piperidine rings is 1. The molecule has 3 heterocycles. The molecule has 17 atom stereocenters. The topological polar surface area (TPSA) is 222 Å². The lowest BCUT2D eigenvalue weighted by Crippen LogP contribution is -2.66. The summed E-state index contributed by atoms with van der Waals surface area (Å²) in [6.45, 7) is 7.38. The molecule has 0 bridgehead atoms. The number of H-pyrrole nitrogens is 1. The Bertz CT molecular complexity index is 3150. The minimum atomic E-state index is -1.38. The van der Waals surface area contributed by atoms with Crippen molar-refractivity contribution in [3.8, 4) is 23.3 Å². The third-order valence-corrected chi connectivity index (χ3v) is 21.0. The number of aliphatic hydroxyl groups excluding tert-OH is 4. The summed E-state index contributed by atoms with van der Waals surface area (Å²) in [6.07, 6.45) is 9.86. The van der Waals surface area contributed by atoms with Crippen LogP contribution in [-0.2, 0) is 16.0 Å². The van der Waals surface area contributed by atoms with E-state index >= 15 is 4.79 Å². The molecule has 0 radical (unpaired) electrons. The molecule has 3 saturated carbocycles. The number of rotatable bonds is 16. The third-order valence-electron chi connectivity index (χ3n) is 21.0. The largest absolute Gasteiger partial charge is 0.504 e. The summed E-state index contributed by atoms with van der Waals surface area (Å²) in [5, 5.41) is 72.7. The van der Waals surface area contributed by atoms with Gasteiger partial charge in [0.15, 0.2) is 17.3 Å². The molecule has 1 saturated heterocycles. The molecule has 418 valence electrons. The molecule has 1 spiro atoms. The number of ether oxygens (including phenoxy) is 1. The van der Waals surface area contributed by atoms with Crippen molar-refractivity contribution in [1.82, 2.24) is 20.9 Å². The number of phenolic OH excluding ortho intramolecular Hbond substituents is 1. The van der Waals surface area contributed by atoms with E-state index in [4.69, 9.17) is 10.5 Å². The van der Waals surface area contributed by atoms with Crippen molar-refractivity contribution >= 4 is 28.4 Å². The molecule has 79 heavy (non-hydrogen) atoms. The summed E-state index contributed by atoms with van der Waals surface area (Å²) in [5.74, 6) is 8.77. The number of carbonyl (C=O) groups excluding carboxylic acids is 2. The van der Waals surface area contributed by atoms with Gasteiger partial charge in [0.2, 0.25) is 0 Å². The van der Waals surface area contributed by atoms with Crippen molar-refractivity contribution in [2.45, 2.75) is 133 Å². The lowest BCUT2D eigenvalue weighted by Gasteiger charge is -2.65. The molecule has 1 aromatic heterocycles. The predicted octanol–water partition coefficient (Wildman–Crippen LogP) is 7.59. The molecular weight excluding hydrogens is 991 g/mol. The highest BCUT2D eigenvalue weighted by Gasteiger charge is 2.65. The fourth-order valence-corrected chi connectivity index (χ4v) is 17.5. The molecule has 0 amide bonds. The van der Waals surface area contributed by atoms with Crippen LogP contribution in [0.3, 0.4) is 0 Å². The van der Waals surface area contributed by atoms with Crippen LogP contribution < -0.4 is 26.4 Å². The number of ketones is 2. The Labute approximate surface area is 465 Å². The summed E-state index contributed by atoms with van der Waals surface area (Å²) >= 11 is 0. The lowest BCUT2D eigenvalue weighted by atomic mass is 9.41. The molecule has 0 unspecified atom stereocenters.